The van der Waals surface area contributed by atoms with Crippen LogP contribution in [-0.2, 0) is 6.54 Å². The number of halogens is 2. The lowest BCUT2D eigenvalue weighted by atomic mass is 10.2. The lowest BCUT2D eigenvalue weighted by Gasteiger charge is -2.17. The first-order valence-electron chi connectivity index (χ1n) is 8.34. The van der Waals surface area contributed by atoms with Crippen molar-refractivity contribution < 1.29 is 0 Å². The van der Waals surface area contributed by atoms with Crippen molar-refractivity contribution in [1.29, 1.82) is 0 Å². The fourth-order valence-electron chi connectivity index (χ4n) is 2.34. The van der Waals surface area contributed by atoms with Crippen molar-refractivity contribution in [1.82, 2.24) is 9.55 Å². The van der Waals surface area contributed by atoms with Crippen LogP contribution in [0.4, 0.5) is 0 Å². The van der Waals surface area contributed by atoms with E-state index in [1.54, 1.807) is 0 Å². The zero-order chi connectivity index (χ0) is 17.2. The average Bonchev–Trinajstić information content (AvgIpc) is 3.07. The highest BCUT2D eigenvalue weighted by atomic mass is 35.5. The minimum absolute atomic E-state index is 0.479. The van der Waals surface area contributed by atoms with E-state index >= 15 is 0 Å². The fourth-order valence-corrected chi connectivity index (χ4v) is 5.17. The van der Waals surface area contributed by atoms with E-state index in [4.69, 9.17) is 23.2 Å². The molecule has 0 aliphatic heterocycles. The molecule has 1 aromatic heterocycles. The first kappa shape index (κ1) is 20.0. The summed E-state index contributed by atoms with van der Waals surface area (Å²) < 4.78 is 2.15. The maximum absolute atomic E-state index is 6.15. The second-order valence-corrected chi connectivity index (χ2v) is 9.05. The molecule has 0 amide bonds. The minimum atomic E-state index is 0.479. The van der Waals surface area contributed by atoms with Crippen LogP contribution in [0.2, 0.25) is 10.0 Å². The zero-order valence-electron chi connectivity index (χ0n) is 14.0. The summed E-state index contributed by atoms with van der Waals surface area (Å²) in [6.45, 7) is 3.20. The molecular weight excluding hydrogens is 379 g/mol. The summed E-state index contributed by atoms with van der Waals surface area (Å²) in [6.07, 6.45) is 11.0. The summed E-state index contributed by atoms with van der Waals surface area (Å²) in [4.78, 5) is 5.31. The second kappa shape index (κ2) is 11.3. The summed E-state index contributed by atoms with van der Waals surface area (Å²) in [5.74, 6) is 2.36. The van der Waals surface area contributed by atoms with Crippen LogP contribution >= 0.6 is 46.7 Å². The van der Waals surface area contributed by atoms with E-state index in [-0.39, 0.29) is 0 Å². The Balaban J connectivity index is 1.88. The number of imidazole rings is 1. The van der Waals surface area contributed by atoms with Gasteiger partial charge in [0.2, 0.25) is 0 Å². The van der Waals surface area contributed by atoms with Gasteiger partial charge >= 0.3 is 0 Å². The third kappa shape index (κ3) is 7.30. The molecule has 1 aromatic carbocycles. The Morgan fingerprint density at radius 2 is 2.04 bits per heavy atom. The van der Waals surface area contributed by atoms with Gasteiger partial charge in [0.05, 0.1) is 16.4 Å². The maximum atomic E-state index is 6.15. The number of hydrogen-bond donors (Lipinski definition) is 0. The maximum Gasteiger partial charge on any atom is 0.0946 e. The first-order chi connectivity index (χ1) is 11.7. The average molecular weight is 403 g/mol. The topological polar surface area (TPSA) is 17.8 Å². The van der Waals surface area contributed by atoms with Crippen molar-refractivity contribution in [2.75, 3.05) is 11.5 Å². The van der Waals surface area contributed by atoms with Crippen LogP contribution in [0.25, 0.3) is 0 Å². The monoisotopic (exact) mass is 402 g/mol. The van der Waals surface area contributed by atoms with Crippen LogP contribution in [0.15, 0.2) is 41.8 Å². The second-order valence-electron chi connectivity index (χ2n) is 5.71. The van der Waals surface area contributed by atoms with E-state index in [1.165, 1.54) is 36.3 Å². The largest absolute Gasteiger partial charge is 0.336 e. The number of thioether (sulfide) groups is 2. The summed E-state index contributed by atoms with van der Waals surface area (Å²) >= 11 is 16.1. The molecule has 6 heteroatoms. The summed E-state index contributed by atoms with van der Waals surface area (Å²) in [7, 11) is 0. The number of hydrogen-bond acceptors (Lipinski definition) is 3. The molecule has 0 aliphatic rings. The lowest BCUT2D eigenvalue weighted by molar-refractivity contribution is 0.692. The summed E-state index contributed by atoms with van der Waals surface area (Å²) in [5.41, 5.74) is 0. The van der Waals surface area contributed by atoms with Gasteiger partial charge in [-0.2, -0.15) is 11.8 Å². The number of benzene rings is 1. The first-order valence-corrected chi connectivity index (χ1v) is 11.1. The normalized spacial score (nSPS) is 12.5. The molecule has 0 spiro atoms. The molecule has 1 unspecified atom stereocenters. The van der Waals surface area contributed by atoms with E-state index in [9.17, 15) is 0 Å². The highest BCUT2D eigenvalue weighted by Crippen LogP contribution is 2.32. The Morgan fingerprint density at radius 3 is 2.75 bits per heavy atom. The highest BCUT2D eigenvalue weighted by Gasteiger charge is 2.13. The van der Waals surface area contributed by atoms with Crippen LogP contribution in [0.5, 0.6) is 0 Å². The number of rotatable bonds is 11. The Kier molecular flexibility index (Phi) is 9.47. The third-order valence-electron chi connectivity index (χ3n) is 3.61. The highest BCUT2D eigenvalue weighted by molar-refractivity contribution is 8.03. The van der Waals surface area contributed by atoms with Crippen molar-refractivity contribution in [2.24, 2.45) is 0 Å². The van der Waals surface area contributed by atoms with E-state index in [2.05, 4.69) is 16.5 Å². The summed E-state index contributed by atoms with van der Waals surface area (Å²) in [5, 5.41) is 1.71. The standard InChI is InChI=1S/C18H24Cl2N2S2/c1-2-3-4-5-10-23-13-16(12-22-9-8-21-14-22)24-15-6-7-17(19)18(20)11-15/h6-9,11,14,16H,2-5,10,12-13H2,1H3. The molecule has 2 aromatic rings. The fraction of sp³-hybridized carbons (Fsp3) is 0.500. The SMILES string of the molecule is CCCCCCSCC(Cn1ccnc1)Sc1ccc(Cl)c(Cl)c1. The van der Waals surface area contributed by atoms with Crippen LogP contribution in [0, 0.1) is 0 Å². The van der Waals surface area contributed by atoms with Gasteiger partial charge in [-0.3, -0.25) is 0 Å². The number of unbranched alkanes of at least 4 members (excludes halogenated alkanes) is 3. The molecule has 0 N–H and O–H groups in total. The van der Waals surface area contributed by atoms with Crippen LogP contribution in [0.1, 0.15) is 32.6 Å². The quantitative estimate of drug-likeness (QED) is 0.308. The van der Waals surface area contributed by atoms with Crippen molar-refractivity contribution in [3.05, 3.63) is 47.0 Å². The Morgan fingerprint density at radius 1 is 1.17 bits per heavy atom. The predicted octanol–water partition coefficient (Wildman–Crippen LogP) is 6.66. The van der Waals surface area contributed by atoms with Gasteiger partial charge in [0.1, 0.15) is 0 Å². The molecule has 0 radical (unpaired) electrons. The lowest BCUT2D eigenvalue weighted by Crippen LogP contribution is -2.15. The van der Waals surface area contributed by atoms with Crippen molar-refractivity contribution in [2.45, 2.75) is 49.3 Å². The predicted molar refractivity (Wildman–Crippen MR) is 110 cm³/mol. The third-order valence-corrected chi connectivity index (χ3v) is 6.95. The molecule has 0 fully saturated rings. The van der Waals surface area contributed by atoms with E-state index in [1.807, 2.05) is 60.4 Å². The van der Waals surface area contributed by atoms with Crippen LogP contribution in [-0.4, -0.2) is 26.3 Å². The minimum Gasteiger partial charge on any atom is -0.336 e. The molecule has 1 heterocycles. The Hall–Kier alpha value is -0.290. The Labute approximate surface area is 163 Å². The number of aromatic nitrogens is 2. The zero-order valence-corrected chi connectivity index (χ0v) is 17.1. The Bertz CT molecular complexity index is 591. The molecule has 2 nitrogen and oxygen atoms in total. The molecule has 1 atom stereocenters. The van der Waals surface area contributed by atoms with Crippen molar-refractivity contribution >= 4 is 46.7 Å². The van der Waals surface area contributed by atoms with Gasteiger partial charge in [-0.1, -0.05) is 49.4 Å². The molecule has 2 rings (SSSR count). The molecular formula is C18H24Cl2N2S2. The van der Waals surface area contributed by atoms with E-state index in [0.29, 0.717) is 15.3 Å². The van der Waals surface area contributed by atoms with Gasteiger partial charge in [0.15, 0.2) is 0 Å². The molecule has 24 heavy (non-hydrogen) atoms. The van der Waals surface area contributed by atoms with Crippen molar-refractivity contribution in [3.8, 4) is 0 Å². The van der Waals surface area contributed by atoms with E-state index < -0.39 is 0 Å². The van der Waals surface area contributed by atoms with E-state index in [0.717, 1.165) is 12.3 Å². The van der Waals surface area contributed by atoms with Crippen molar-refractivity contribution in [3.63, 3.8) is 0 Å². The molecule has 0 saturated heterocycles. The molecule has 0 saturated carbocycles. The smallest absolute Gasteiger partial charge is 0.0946 e. The van der Waals surface area contributed by atoms with Gasteiger partial charge in [-0.15, -0.1) is 11.8 Å². The number of nitrogens with zero attached hydrogens (tertiary/aromatic N) is 2. The molecule has 0 bridgehead atoms. The molecule has 0 aliphatic carbocycles. The van der Waals surface area contributed by atoms with Gasteiger partial charge in [0.25, 0.3) is 0 Å². The molecule has 132 valence electrons. The summed E-state index contributed by atoms with van der Waals surface area (Å²) in [6, 6.07) is 5.88. The van der Waals surface area contributed by atoms with Gasteiger partial charge in [-0.25, -0.2) is 4.98 Å². The van der Waals surface area contributed by atoms with Gasteiger partial charge in [-0.05, 0) is 30.4 Å². The van der Waals surface area contributed by atoms with Gasteiger partial charge in [0, 0.05) is 34.8 Å². The van der Waals surface area contributed by atoms with Crippen LogP contribution in [0.3, 0.4) is 0 Å². The van der Waals surface area contributed by atoms with Crippen LogP contribution < -0.4 is 0 Å². The van der Waals surface area contributed by atoms with Gasteiger partial charge < -0.3 is 4.57 Å².